The maximum absolute atomic E-state index is 13.1. The predicted octanol–water partition coefficient (Wildman–Crippen LogP) is 18.6. The topological polar surface area (TPSA) is 175 Å². The highest BCUT2D eigenvalue weighted by Gasteiger charge is 2.44. The molecule has 7 atom stereocenters. The molecule has 1 saturated heterocycles. The van der Waals surface area contributed by atoms with Crippen molar-refractivity contribution in [2.45, 2.75) is 397 Å². The summed E-state index contributed by atoms with van der Waals surface area (Å²) in [5.41, 5.74) is 0. The van der Waals surface area contributed by atoms with Gasteiger partial charge in [-0.15, -0.1) is 0 Å². The molecule has 1 aliphatic heterocycles. The SMILES string of the molecule is CCCCCCCCCCCCCC/C=C/C(O)C(COC1OC(CO)C(O)C(O)C1O)NC(=O)CCCCCCCCCCCCCCCCC/C=C\C/C=C\CCCCCCCCCCCOC(=O)CCCCCCCCCCCCC. The molecule has 1 amide bonds. The molecule has 6 N–H and O–H groups in total. The van der Waals surface area contributed by atoms with Crippen molar-refractivity contribution in [1.29, 1.82) is 0 Å². The molecule has 0 aromatic rings. The van der Waals surface area contributed by atoms with Gasteiger partial charge in [0.05, 0.1) is 32.0 Å². The Kier molecular flexibility index (Phi) is 59.4. The Balaban J connectivity index is 1.99. The number of nitrogens with one attached hydrogen (secondary N) is 1. The van der Waals surface area contributed by atoms with Crippen LogP contribution in [0, 0.1) is 0 Å². The summed E-state index contributed by atoms with van der Waals surface area (Å²) in [6.07, 6.45) is 69.9. The van der Waals surface area contributed by atoms with E-state index in [2.05, 4.69) is 43.5 Å². The summed E-state index contributed by atoms with van der Waals surface area (Å²) in [5, 5.41) is 54.6. The molecule has 1 fully saturated rings. The van der Waals surface area contributed by atoms with E-state index >= 15 is 0 Å². The summed E-state index contributed by atoms with van der Waals surface area (Å²) >= 11 is 0. The van der Waals surface area contributed by atoms with Crippen LogP contribution < -0.4 is 5.32 Å². The van der Waals surface area contributed by atoms with E-state index in [4.69, 9.17) is 14.2 Å². The van der Waals surface area contributed by atoms with E-state index in [1.807, 2.05) is 6.08 Å². The number of carbonyl (C=O) groups excluding carboxylic acids is 2. The number of hydrogen-bond acceptors (Lipinski definition) is 10. The van der Waals surface area contributed by atoms with Gasteiger partial charge in [-0.2, -0.15) is 0 Å². The molecule has 84 heavy (non-hydrogen) atoms. The highest BCUT2D eigenvalue weighted by molar-refractivity contribution is 5.76. The van der Waals surface area contributed by atoms with E-state index in [0.29, 0.717) is 19.4 Å². The van der Waals surface area contributed by atoms with Crippen molar-refractivity contribution in [2.24, 2.45) is 0 Å². The molecule has 0 saturated carbocycles. The predicted molar refractivity (Wildman–Crippen MR) is 352 cm³/mol. The van der Waals surface area contributed by atoms with Gasteiger partial charge in [0.25, 0.3) is 0 Å². The Bertz CT molecular complexity index is 1490. The number of hydrogen-bond donors (Lipinski definition) is 6. The quantitative estimate of drug-likeness (QED) is 0.0195. The van der Waals surface area contributed by atoms with E-state index in [1.165, 1.54) is 263 Å². The maximum Gasteiger partial charge on any atom is 0.305 e. The zero-order valence-electron chi connectivity index (χ0n) is 54.9. The molecular weight excluding hydrogens is 1050 g/mol. The minimum absolute atomic E-state index is 0.00528. The molecule has 1 rings (SSSR count). The first-order chi connectivity index (χ1) is 41.2. The number of aliphatic hydroxyl groups is 5. The molecule has 7 unspecified atom stereocenters. The van der Waals surface area contributed by atoms with Crippen LogP contribution in [0.1, 0.15) is 354 Å². The Labute approximate surface area is 517 Å². The van der Waals surface area contributed by atoms with Crippen molar-refractivity contribution >= 4 is 11.9 Å². The monoisotopic (exact) mass is 1190 g/mol. The second kappa shape index (κ2) is 62.5. The zero-order valence-corrected chi connectivity index (χ0v) is 54.9. The molecular formula is C73H137NO10. The van der Waals surface area contributed by atoms with Gasteiger partial charge in [-0.05, 0) is 64.2 Å². The van der Waals surface area contributed by atoms with E-state index in [1.54, 1.807) is 6.08 Å². The Morgan fingerprint density at radius 3 is 1.20 bits per heavy atom. The molecule has 0 radical (unpaired) electrons. The van der Waals surface area contributed by atoms with Crippen LogP contribution in [0.3, 0.4) is 0 Å². The number of amides is 1. The smallest absolute Gasteiger partial charge is 0.305 e. The minimum Gasteiger partial charge on any atom is -0.466 e. The van der Waals surface area contributed by atoms with Crippen LogP contribution >= 0.6 is 0 Å². The van der Waals surface area contributed by atoms with E-state index in [9.17, 15) is 35.1 Å². The summed E-state index contributed by atoms with van der Waals surface area (Å²) in [5.74, 6) is -0.173. The average Bonchev–Trinajstić information content (AvgIpc) is 3.68. The largest absolute Gasteiger partial charge is 0.466 e. The number of unbranched alkanes of at least 4 members (excludes halogenated alkanes) is 46. The fourth-order valence-electron chi connectivity index (χ4n) is 11.5. The van der Waals surface area contributed by atoms with Gasteiger partial charge in [0.15, 0.2) is 6.29 Å². The van der Waals surface area contributed by atoms with Crippen LogP contribution in [0.5, 0.6) is 0 Å². The first-order valence-electron chi connectivity index (χ1n) is 36.3. The fraction of sp³-hybridized carbons (Fsp3) is 0.890. The van der Waals surface area contributed by atoms with Crippen LogP contribution in [-0.4, -0.2) is 100 Å². The van der Waals surface area contributed by atoms with Crippen LogP contribution in [0.15, 0.2) is 36.5 Å². The summed E-state index contributed by atoms with van der Waals surface area (Å²) in [6.45, 7) is 4.37. The Hall–Kier alpha value is -2.12. The first kappa shape index (κ1) is 79.9. The maximum atomic E-state index is 13.1. The van der Waals surface area contributed by atoms with Gasteiger partial charge in [-0.25, -0.2) is 0 Å². The van der Waals surface area contributed by atoms with Crippen molar-refractivity contribution in [3.63, 3.8) is 0 Å². The highest BCUT2D eigenvalue weighted by Crippen LogP contribution is 2.23. The van der Waals surface area contributed by atoms with Gasteiger partial charge in [0.1, 0.15) is 24.4 Å². The summed E-state index contributed by atoms with van der Waals surface area (Å²) in [6, 6.07) is -0.810. The Morgan fingerprint density at radius 1 is 0.440 bits per heavy atom. The lowest BCUT2D eigenvalue weighted by atomic mass is 9.99. The lowest BCUT2D eigenvalue weighted by molar-refractivity contribution is -0.302. The molecule has 0 aliphatic carbocycles. The van der Waals surface area contributed by atoms with Crippen molar-refractivity contribution in [3.05, 3.63) is 36.5 Å². The van der Waals surface area contributed by atoms with Crippen LogP contribution in [0.25, 0.3) is 0 Å². The van der Waals surface area contributed by atoms with Gasteiger partial charge in [-0.3, -0.25) is 9.59 Å². The highest BCUT2D eigenvalue weighted by atomic mass is 16.7. The van der Waals surface area contributed by atoms with E-state index in [0.717, 1.165) is 64.2 Å². The lowest BCUT2D eigenvalue weighted by Gasteiger charge is -2.40. The summed E-state index contributed by atoms with van der Waals surface area (Å²) < 4.78 is 16.7. The van der Waals surface area contributed by atoms with E-state index in [-0.39, 0.29) is 18.5 Å². The second-order valence-corrected chi connectivity index (χ2v) is 25.3. The van der Waals surface area contributed by atoms with Gasteiger partial charge in [-0.1, -0.05) is 314 Å². The molecule has 1 aliphatic rings. The summed E-state index contributed by atoms with van der Waals surface area (Å²) in [7, 11) is 0. The molecule has 11 nitrogen and oxygen atoms in total. The molecule has 1 heterocycles. The normalized spacial score (nSPS) is 18.2. The van der Waals surface area contributed by atoms with Crippen molar-refractivity contribution in [2.75, 3.05) is 19.8 Å². The molecule has 494 valence electrons. The summed E-state index contributed by atoms with van der Waals surface area (Å²) in [4.78, 5) is 25.1. The van der Waals surface area contributed by atoms with Gasteiger partial charge in [0.2, 0.25) is 5.91 Å². The molecule has 0 bridgehead atoms. The number of carbonyl (C=O) groups is 2. The number of ether oxygens (including phenoxy) is 3. The van der Waals surface area contributed by atoms with Gasteiger partial charge in [0, 0.05) is 12.8 Å². The molecule has 0 aromatic carbocycles. The zero-order chi connectivity index (χ0) is 60.9. The van der Waals surface area contributed by atoms with E-state index < -0.39 is 49.5 Å². The van der Waals surface area contributed by atoms with Gasteiger partial charge < -0.3 is 45.1 Å². The first-order valence-corrected chi connectivity index (χ1v) is 36.3. The van der Waals surface area contributed by atoms with Crippen LogP contribution in [0.2, 0.25) is 0 Å². The minimum atomic E-state index is -1.57. The van der Waals surface area contributed by atoms with Crippen molar-refractivity contribution in [1.82, 2.24) is 5.32 Å². The molecule has 11 heteroatoms. The van der Waals surface area contributed by atoms with Crippen LogP contribution in [-0.2, 0) is 23.8 Å². The lowest BCUT2D eigenvalue weighted by Crippen LogP contribution is -2.60. The Morgan fingerprint density at radius 2 is 0.798 bits per heavy atom. The average molecular weight is 1190 g/mol. The third-order valence-electron chi connectivity index (χ3n) is 17.2. The van der Waals surface area contributed by atoms with Crippen LogP contribution in [0.4, 0.5) is 0 Å². The standard InChI is InChI=1S/C73H137NO10/c1-3-5-7-9-11-13-15-16-36-40-43-47-51-55-59-66(76)65(64-83-73-72(81)71(80)70(79)67(63-75)84-73)74-68(77)60-56-52-48-44-41-37-34-32-30-28-26-24-22-20-18-17-19-21-23-25-27-29-31-33-35-38-42-46-50-54-58-62-82-69(78)61-57-53-49-45-39-14-12-10-8-6-4-2/h19,21,25,27,55,59,65-67,70-73,75-76,79-81H,3-18,20,22-24,26,28-54,56-58,60-64H2,1-2H3,(H,74,77)/b21-19-,27-25-,59-55+. The number of rotatable bonds is 64. The third kappa shape index (κ3) is 50.8. The van der Waals surface area contributed by atoms with Gasteiger partial charge >= 0.3 is 5.97 Å². The number of allylic oxidation sites excluding steroid dienone is 5. The number of aliphatic hydroxyl groups excluding tert-OH is 5. The molecule has 0 aromatic heterocycles. The van der Waals surface area contributed by atoms with Crippen molar-refractivity contribution < 1.29 is 49.3 Å². The number of esters is 1. The van der Waals surface area contributed by atoms with Crippen molar-refractivity contribution in [3.8, 4) is 0 Å². The molecule has 0 spiro atoms. The third-order valence-corrected chi connectivity index (χ3v) is 17.2. The fourth-order valence-corrected chi connectivity index (χ4v) is 11.5. The second-order valence-electron chi connectivity index (χ2n) is 25.3.